The lowest BCUT2D eigenvalue weighted by atomic mass is 10.2. The molecule has 0 saturated heterocycles. The molecule has 0 aliphatic carbocycles. The van der Waals surface area contributed by atoms with Gasteiger partial charge in [0.25, 0.3) is 0 Å². The molecule has 4 heteroatoms. The second-order valence-corrected chi connectivity index (χ2v) is 3.58. The van der Waals surface area contributed by atoms with E-state index < -0.39 is 0 Å². The summed E-state index contributed by atoms with van der Waals surface area (Å²) in [6.07, 6.45) is 2.87. The van der Waals surface area contributed by atoms with Crippen LogP contribution in [0.5, 0.6) is 0 Å². The summed E-state index contributed by atoms with van der Waals surface area (Å²) in [5.41, 5.74) is 0. The van der Waals surface area contributed by atoms with Gasteiger partial charge in [0.1, 0.15) is 11.6 Å². The van der Waals surface area contributed by atoms with Gasteiger partial charge in [0.2, 0.25) is 0 Å². The zero-order chi connectivity index (χ0) is 11.1. The van der Waals surface area contributed by atoms with E-state index in [4.69, 9.17) is 4.74 Å². The van der Waals surface area contributed by atoms with Crippen LogP contribution in [0.2, 0.25) is 0 Å². The van der Waals surface area contributed by atoms with Crippen molar-refractivity contribution in [3.05, 3.63) is 18.1 Å². The molecule has 0 saturated carbocycles. The lowest BCUT2D eigenvalue weighted by molar-refractivity contribution is 0.181. The van der Waals surface area contributed by atoms with Crippen LogP contribution in [0.1, 0.15) is 32.0 Å². The largest absolute Gasteiger partial charge is 0.384 e. The van der Waals surface area contributed by atoms with Crippen molar-refractivity contribution >= 4 is 5.82 Å². The number of aromatic nitrogens is 2. The second kappa shape index (κ2) is 6.35. The smallest absolute Gasteiger partial charge is 0.135 e. The summed E-state index contributed by atoms with van der Waals surface area (Å²) in [5.74, 6) is 1.96. The van der Waals surface area contributed by atoms with Crippen molar-refractivity contribution in [1.82, 2.24) is 9.97 Å². The number of hydrogen-bond acceptors (Lipinski definition) is 4. The molecular weight excluding hydrogens is 190 g/mol. The number of anilines is 1. The van der Waals surface area contributed by atoms with Crippen molar-refractivity contribution in [3.63, 3.8) is 0 Å². The number of nitrogens with zero attached hydrogens (tertiary/aromatic N) is 2. The summed E-state index contributed by atoms with van der Waals surface area (Å²) in [5, 5.41) is 3.24. The number of rotatable bonds is 6. The minimum atomic E-state index is 0.235. The first kappa shape index (κ1) is 11.9. The molecule has 1 N–H and O–H groups in total. The van der Waals surface area contributed by atoms with Gasteiger partial charge >= 0.3 is 0 Å². The average molecular weight is 209 g/mol. The van der Waals surface area contributed by atoms with Crippen molar-refractivity contribution in [3.8, 4) is 0 Å². The van der Waals surface area contributed by atoms with Crippen LogP contribution in [0.15, 0.2) is 12.3 Å². The number of ether oxygens (including phenoxy) is 1. The molecule has 0 aliphatic heterocycles. The van der Waals surface area contributed by atoms with Gasteiger partial charge in [-0.15, -0.1) is 0 Å². The van der Waals surface area contributed by atoms with Crippen LogP contribution in [0.3, 0.4) is 0 Å². The van der Waals surface area contributed by atoms with Crippen molar-refractivity contribution < 1.29 is 4.74 Å². The van der Waals surface area contributed by atoms with Crippen LogP contribution >= 0.6 is 0 Å². The maximum Gasteiger partial charge on any atom is 0.135 e. The molecule has 84 valence electrons. The van der Waals surface area contributed by atoms with E-state index in [9.17, 15) is 0 Å². The third kappa shape index (κ3) is 3.83. The molecule has 0 spiro atoms. The van der Waals surface area contributed by atoms with Crippen LogP contribution in [-0.2, 0) is 4.74 Å². The van der Waals surface area contributed by atoms with Gasteiger partial charge in [-0.2, -0.15) is 0 Å². The summed E-state index contributed by atoms with van der Waals surface area (Å²) in [7, 11) is 1.69. The summed E-state index contributed by atoms with van der Waals surface area (Å²) in [4.78, 5) is 8.66. The quantitative estimate of drug-likeness (QED) is 0.779. The second-order valence-electron chi connectivity index (χ2n) is 3.58. The molecule has 0 aliphatic rings. The normalized spacial score (nSPS) is 12.5. The Hall–Kier alpha value is -1.16. The Morgan fingerprint density at radius 2 is 2.33 bits per heavy atom. The van der Waals surface area contributed by atoms with E-state index in [1.807, 2.05) is 6.07 Å². The van der Waals surface area contributed by atoms with Crippen molar-refractivity contribution in [2.24, 2.45) is 0 Å². The first-order valence-corrected chi connectivity index (χ1v) is 5.33. The van der Waals surface area contributed by atoms with Gasteiger partial charge in [-0.3, -0.25) is 0 Å². The number of nitrogens with one attached hydrogen (secondary N) is 1. The summed E-state index contributed by atoms with van der Waals surface area (Å²) < 4.78 is 5.08. The minimum absolute atomic E-state index is 0.235. The molecule has 0 aromatic carbocycles. The highest BCUT2D eigenvalue weighted by Crippen LogP contribution is 2.12. The van der Waals surface area contributed by atoms with Crippen LogP contribution in [0, 0.1) is 0 Å². The Morgan fingerprint density at radius 1 is 1.53 bits per heavy atom. The fraction of sp³-hybridized carbons (Fsp3) is 0.636. The van der Waals surface area contributed by atoms with E-state index in [2.05, 4.69) is 29.1 Å². The number of hydrogen-bond donors (Lipinski definition) is 1. The Bertz CT molecular complexity index is 291. The molecule has 1 rings (SSSR count). The Morgan fingerprint density at radius 3 is 3.00 bits per heavy atom. The van der Waals surface area contributed by atoms with Gasteiger partial charge < -0.3 is 10.1 Å². The molecule has 1 heterocycles. The highest BCUT2D eigenvalue weighted by molar-refractivity contribution is 5.33. The van der Waals surface area contributed by atoms with Gasteiger partial charge in [0.05, 0.1) is 6.61 Å². The molecule has 0 fully saturated rings. The predicted octanol–water partition coefficient (Wildman–Crippen LogP) is 2.05. The Balaban J connectivity index is 2.64. The average Bonchev–Trinajstić information content (AvgIpc) is 2.27. The van der Waals surface area contributed by atoms with Crippen LogP contribution in [0.25, 0.3) is 0 Å². The summed E-state index contributed by atoms with van der Waals surface area (Å²) >= 11 is 0. The van der Waals surface area contributed by atoms with Gasteiger partial charge in [-0.25, -0.2) is 9.97 Å². The Labute approximate surface area is 91.1 Å². The monoisotopic (exact) mass is 209 g/mol. The topological polar surface area (TPSA) is 47.0 Å². The fourth-order valence-corrected chi connectivity index (χ4v) is 1.29. The van der Waals surface area contributed by atoms with Crippen molar-refractivity contribution in [2.75, 3.05) is 25.6 Å². The third-order valence-electron chi connectivity index (χ3n) is 2.09. The zero-order valence-corrected chi connectivity index (χ0v) is 9.66. The molecule has 15 heavy (non-hydrogen) atoms. The standard InChI is InChI=1S/C11H19N3O/c1-4-6-12-10-5-7-13-11(14-10)9(2)8-15-3/h5,7,9H,4,6,8H2,1-3H3,(H,12,13,14). The SMILES string of the molecule is CCCNc1ccnc(C(C)COC)n1. The molecular formula is C11H19N3O. The van der Waals surface area contributed by atoms with Crippen molar-refractivity contribution in [2.45, 2.75) is 26.2 Å². The van der Waals surface area contributed by atoms with Gasteiger partial charge in [0, 0.05) is 25.8 Å². The van der Waals surface area contributed by atoms with E-state index in [0.29, 0.717) is 6.61 Å². The van der Waals surface area contributed by atoms with Crippen LogP contribution in [-0.4, -0.2) is 30.2 Å². The fourth-order valence-electron chi connectivity index (χ4n) is 1.29. The molecule has 0 amide bonds. The lowest BCUT2D eigenvalue weighted by Gasteiger charge is -2.10. The molecule has 0 bridgehead atoms. The third-order valence-corrected chi connectivity index (χ3v) is 2.09. The first-order valence-electron chi connectivity index (χ1n) is 5.33. The van der Waals surface area contributed by atoms with Gasteiger partial charge in [0.15, 0.2) is 0 Å². The number of methoxy groups -OCH3 is 1. The maximum absolute atomic E-state index is 5.08. The summed E-state index contributed by atoms with van der Waals surface area (Å²) in [6, 6.07) is 1.89. The first-order chi connectivity index (χ1) is 7.27. The predicted molar refractivity (Wildman–Crippen MR) is 61.1 cm³/mol. The molecule has 1 aromatic rings. The molecule has 1 aromatic heterocycles. The molecule has 0 radical (unpaired) electrons. The molecule has 1 unspecified atom stereocenters. The van der Waals surface area contributed by atoms with E-state index in [0.717, 1.165) is 24.6 Å². The van der Waals surface area contributed by atoms with Gasteiger partial charge in [-0.05, 0) is 12.5 Å². The molecule has 4 nitrogen and oxygen atoms in total. The van der Waals surface area contributed by atoms with Crippen LogP contribution < -0.4 is 5.32 Å². The van der Waals surface area contributed by atoms with Crippen LogP contribution in [0.4, 0.5) is 5.82 Å². The zero-order valence-electron chi connectivity index (χ0n) is 9.66. The van der Waals surface area contributed by atoms with E-state index >= 15 is 0 Å². The minimum Gasteiger partial charge on any atom is -0.384 e. The lowest BCUT2D eigenvalue weighted by Crippen LogP contribution is -2.09. The van der Waals surface area contributed by atoms with E-state index in [-0.39, 0.29) is 5.92 Å². The van der Waals surface area contributed by atoms with E-state index in [1.165, 1.54) is 0 Å². The molecule has 1 atom stereocenters. The summed E-state index contributed by atoms with van der Waals surface area (Å²) in [6.45, 7) is 5.78. The van der Waals surface area contributed by atoms with Gasteiger partial charge in [-0.1, -0.05) is 13.8 Å². The van der Waals surface area contributed by atoms with E-state index in [1.54, 1.807) is 13.3 Å². The highest BCUT2D eigenvalue weighted by Gasteiger charge is 2.08. The highest BCUT2D eigenvalue weighted by atomic mass is 16.5. The van der Waals surface area contributed by atoms with Crippen molar-refractivity contribution in [1.29, 1.82) is 0 Å². The maximum atomic E-state index is 5.08. The Kier molecular flexibility index (Phi) is 5.04.